The molecule has 2 aromatic heterocycles. The first kappa shape index (κ1) is 19.8. The number of alkyl halides is 6. The zero-order valence-corrected chi connectivity index (χ0v) is 13.8. The molecule has 0 saturated carbocycles. The van der Waals surface area contributed by atoms with Crippen molar-refractivity contribution in [1.29, 1.82) is 0 Å². The summed E-state index contributed by atoms with van der Waals surface area (Å²) in [7, 11) is 0. The number of aliphatic hydroxyl groups excluding tert-OH is 1. The van der Waals surface area contributed by atoms with E-state index in [1.165, 1.54) is 17.0 Å². The molecule has 28 heavy (non-hydrogen) atoms. The van der Waals surface area contributed by atoms with Crippen LogP contribution in [0.3, 0.4) is 0 Å². The molecule has 0 fully saturated rings. The minimum absolute atomic E-state index is 0.0931. The van der Waals surface area contributed by atoms with Crippen molar-refractivity contribution < 1.29 is 36.2 Å². The van der Waals surface area contributed by atoms with Crippen LogP contribution in [0.4, 0.5) is 26.3 Å². The normalized spacial score (nSPS) is 13.7. The zero-order chi connectivity index (χ0) is 20.7. The molecule has 0 aliphatic carbocycles. The summed E-state index contributed by atoms with van der Waals surface area (Å²) in [6.45, 7) is -0.388. The van der Waals surface area contributed by atoms with E-state index in [0.717, 1.165) is 12.1 Å². The number of carbonyl (C=O) groups is 1. The predicted octanol–water partition coefficient (Wildman–Crippen LogP) is 4.02. The molecule has 11 heteroatoms. The van der Waals surface area contributed by atoms with Crippen LogP contribution < -0.4 is 0 Å². The van der Waals surface area contributed by atoms with Gasteiger partial charge in [0.15, 0.2) is 12.1 Å². The van der Waals surface area contributed by atoms with Gasteiger partial charge in [-0.15, -0.1) is 0 Å². The molecule has 3 rings (SSSR count). The van der Waals surface area contributed by atoms with Crippen LogP contribution in [0.15, 0.2) is 36.7 Å². The zero-order valence-electron chi connectivity index (χ0n) is 13.8. The molecule has 0 aliphatic rings. The highest BCUT2D eigenvalue weighted by molar-refractivity contribution is 5.86. The van der Waals surface area contributed by atoms with Crippen molar-refractivity contribution in [3.05, 3.63) is 59.3 Å². The Balaban J connectivity index is 2.21. The third-order valence-corrected chi connectivity index (χ3v) is 4.05. The van der Waals surface area contributed by atoms with Gasteiger partial charge >= 0.3 is 12.4 Å². The van der Waals surface area contributed by atoms with Gasteiger partial charge in [-0.25, -0.2) is 9.97 Å². The van der Waals surface area contributed by atoms with Gasteiger partial charge < -0.3 is 9.67 Å². The molecular formula is C17H11F6N3O2. The van der Waals surface area contributed by atoms with Gasteiger partial charge in [-0.1, -0.05) is 12.1 Å². The van der Waals surface area contributed by atoms with E-state index in [1.54, 1.807) is 0 Å². The summed E-state index contributed by atoms with van der Waals surface area (Å²) in [4.78, 5) is 17.8. The number of halogens is 6. The molecule has 1 unspecified atom stereocenters. The van der Waals surface area contributed by atoms with Gasteiger partial charge in [-0.3, -0.25) is 4.79 Å². The van der Waals surface area contributed by atoms with E-state index >= 15 is 0 Å². The first-order chi connectivity index (χ1) is 13.0. The molecule has 0 spiro atoms. The number of aromatic nitrogens is 3. The highest BCUT2D eigenvalue weighted by Crippen LogP contribution is 2.39. The lowest BCUT2D eigenvalue weighted by Crippen LogP contribution is -2.16. The number of para-hydroxylation sites is 1. The van der Waals surface area contributed by atoms with Crippen LogP contribution in [0.5, 0.6) is 0 Å². The molecule has 0 aliphatic heterocycles. The average molecular weight is 403 g/mol. The Morgan fingerprint density at radius 3 is 2.46 bits per heavy atom. The number of fused-ring (bicyclic) bond motifs is 1. The Hall–Kier alpha value is -2.95. The minimum atomic E-state index is -5.02. The van der Waals surface area contributed by atoms with Crippen LogP contribution in [0.2, 0.25) is 0 Å². The van der Waals surface area contributed by atoms with E-state index in [0.29, 0.717) is 18.4 Å². The molecule has 1 N–H and O–H groups in total. The van der Waals surface area contributed by atoms with Gasteiger partial charge in [0.2, 0.25) is 0 Å². The van der Waals surface area contributed by atoms with Crippen LogP contribution in [-0.4, -0.2) is 25.9 Å². The maximum atomic E-state index is 13.2. The monoisotopic (exact) mass is 403 g/mol. The molecule has 2 heterocycles. The quantitative estimate of drug-likeness (QED) is 0.528. The van der Waals surface area contributed by atoms with Crippen molar-refractivity contribution in [2.45, 2.75) is 25.0 Å². The van der Waals surface area contributed by atoms with Crippen LogP contribution in [0, 0.1) is 0 Å². The number of nitrogens with zero attached hydrogens (tertiary/aromatic N) is 3. The van der Waals surface area contributed by atoms with Crippen molar-refractivity contribution in [3.63, 3.8) is 0 Å². The standard InChI is InChI=1S/C17H11F6N3O2/c18-16(19,20)11-3-1-2-9-10(6-13(17(21,22)23)25-15(9)11)12(28)7-26-5-4-24-14(26)8-27/h1-6,8,12,28H,7H2. The Kier molecular flexibility index (Phi) is 4.88. The van der Waals surface area contributed by atoms with E-state index in [-0.39, 0.29) is 17.8 Å². The van der Waals surface area contributed by atoms with Crippen molar-refractivity contribution in [2.24, 2.45) is 0 Å². The van der Waals surface area contributed by atoms with Crippen LogP contribution in [-0.2, 0) is 18.9 Å². The van der Waals surface area contributed by atoms with Crippen molar-refractivity contribution in [2.75, 3.05) is 0 Å². The summed E-state index contributed by atoms with van der Waals surface area (Å²) >= 11 is 0. The number of hydrogen-bond donors (Lipinski definition) is 1. The van der Waals surface area contributed by atoms with E-state index < -0.39 is 40.8 Å². The summed E-state index contributed by atoms with van der Waals surface area (Å²) in [6.07, 6.45) is -8.69. The lowest BCUT2D eigenvalue weighted by atomic mass is 9.99. The molecule has 5 nitrogen and oxygen atoms in total. The number of hydrogen-bond acceptors (Lipinski definition) is 4. The Bertz CT molecular complexity index is 1030. The lowest BCUT2D eigenvalue weighted by molar-refractivity contribution is -0.142. The van der Waals surface area contributed by atoms with E-state index in [1.807, 2.05) is 0 Å². The number of imidazole rings is 1. The topological polar surface area (TPSA) is 68.0 Å². The second-order valence-corrected chi connectivity index (χ2v) is 5.87. The Morgan fingerprint density at radius 1 is 1.14 bits per heavy atom. The summed E-state index contributed by atoms with van der Waals surface area (Å²) in [5, 5.41) is 10.2. The first-order valence-electron chi connectivity index (χ1n) is 7.75. The smallest absolute Gasteiger partial charge is 0.387 e. The van der Waals surface area contributed by atoms with Gasteiger partial charge in [0.25, 0.3) is 0 Å². The van der Waals surface area contributed by atoms with E-state index in [2.05, 4.69) is 9.97 Å². The van der Waals surface area contributed by atoms with Gasteiger partial charge in [-0.05, 0) is 17.7 Å². The summed E-state index contributed by atoms with van der Waals surface area (Å²) < 4.78 is 80.5. The minimum Gasteiger partial charge on any atom is -0.387 e. The Morgan fingerprint density at radius 2 is 1.86 bits per heavy atom. The summed E-state index contributed by atoms with van der Waals surface area (Å²) in [5.74, 6) is -0.0931. The lowest BCUT2D eigenvalue weighted by Gasteiger charge is -2.19. The fraction of sp³-hybridized carbons (Fsp3) is 0.235. The number of aldehydes is 1. The van der Waals surface area contributed by atoms with Gasteiger partial charge in [0.1, 0.15) is 5.69 Å². The fourth-order valence-corrected chi connectivity index (χ4v) is 2.80. The van der Waals surface area contributed by atoms with Crippen molar-refractivity contribution >= 4 is 17.2 Å². The molecule has 3 aromatic rings. The predicted molar refractivity (Wildman–Crippen MR) is 84.3 cm³/mol. The van der Waals surface area contributed by atoms with Crippen LogP contribution in [0.1, 0.15) is 33.5 Å². The number of rotatable bonds is 4. The van der Waals surface area contributed by atoms with E-state index in [4.69, 9.17) is 0 Å². The SMILES string of the molecule is O=Cc1nccn1CC(O)c1cc(C(F)(F)F)nc2c(C(F)(F)F)cccc12. The third-order valence-electron chi connectivity index (χ3n) is 4.05. The second kappa shape index (κ2) is 6.89. The molecule has 0 bridgehead atoms. The number of pyridine rings is 1. The summed E-state index contributed by atoms with van der Waals surface area (Å²) in [6, 6.07) is 3.28. The maximum absolute atomic E-state index is 13.2. The molecule has 0 radical (unpaired) electrons. The number of carbonyl (C=O) groups excluding carboxylic acids is 1. The largest absolute Gasteiger partial charge is 0.433 e. The van der Waals surface area contributed by atoms with Gasteiger partial charge in [0.05, 0.1) is 23.7 Å². The second-order valence-electron chi connectivity index (χ2n) is 5.87. The Labute approximate surface area is 153 Å². The molecule has 148 valence electrons. The molecular weight excluding hydrogens is 392 g/mol. The van der Waals surface area contributed by atoms with Gasteiger partial charge in [-0.2, -0.15) is 26.3 Å². The highest BCUT2D eigenvalue weighted by atomic mass is 19.4. The molecule has 0 saturated heterocycles. The summed E-state index contributed by atoms with van der Waals surface area (Å²) in [5.41, 5.74) is -4.22. The maximum Gasteiger partial charge on any atom is 0.433 e. The van der Waals surface area contributed by atoms with E-state index in [9.17, 15) is 36.2 Å². The van der Waals surface area contributed by atoms with Crippen molar-refractivity contribution in [3.8, 4) is 0 Å². The average Bonchev–Trinajstić information content (AvgIpc) is 3.05. The first-order valence-corrected chi connectivity index (χ1v) is 7.75. The number of benzene rings is 1. The highest BCUT2D eigenvalue weighted by Gasteiger charge is 2.38. The van der Waals surface area contributed by atoms with Crippen LogP contribution in [0.25, 0.3) is 10.9 Å². The van der Waals surface area contributed by atoms with Gasteiger partial charge in [0, 0.05) is 17.8 Å². The van der Waals surface area contributed by atoms with Crippen LogP contribution >= 0.6 is 0 Å². The number of aliphatic hydroxyl groups is 1. The third kappa shape index (κ3) is 3.70. The molecule has 1 atom stereocenters. The molecule has 1 aromatic carbocycles. The van der Waals surface area contributed by atoms with Crippen molar-refractivity contribution in [1.82, 2.24) is 14.5 Å². The molecule has 0 amide bonds. The fourth-order valence-electron chi connectivity index (χ4n) is 2.80.